The molecule has 0 amide bonds. The summed E-state index contributed by atoms with van der Waals surface area (Å²) in [6.45, 7) is 14.4. The molecule has 0 saturated heterocycles. The fourth-order valence-corrected chi connectivity index (χ4v) is 18.6. The number of para-hydroxylation sites is 1. The van der Waals surface area contributed by atoms with E-state index in [2.05, 4.69) is 256 Å². The highest BCUT2D eigenvalue weighted by Gasteiger charge is 2.41. The van der Waals surface area contributed by atoms with E-state index in [1.54, 1.807) is 6.07 Å². The second kappa shape index (κ2) is 33.7. The summed E-state index contributed by atoms with van der Waals surface area (Å²) in [5.41, 5.74) is 9.00. The Morgan fingerprint density at radius 2 is 0.727 bits per heavy atom. The first kappa shape index (κ1) is 64.9. The van der Waals surface area contributed by atoms with E-state index in [-0.39, 0.29) is 0 Å². The summed E-state index contributed by atoms with van der Waals surface area (Å²) in [6.07, 6.45) is 5.21. The lowest BCUT2D eigenvalue weighted by atomic mass is 10.1. The van der Waals surface area contributed by atoms with Crippen LogP contribution in [0, 0.1) is 76.5 Å². The van der Waals surface area contributed by atoms with Crippen molar-refractivity contribution < 1.29 is 4.74 Å². The van der Waals surface area contributed by atoms with Crippen LogP contribution in [0.2, 0.25) is 6.55 Å². The summed E-state index contributed by atoms with van der Waals surface area (Å²) in [4.78, 5) is 4.20. The van der Waals surface area contributed by atoms with E-state index in [1.165, 1.54) is 47.4 Å². The zero-order valence-electron chi connectivity index (χ0n) is 51.4. The summed E-state index contributed by atoms with van der Waals surface area (Å²) in [5.74, 6) is 4.32. The third kappa shape index (κ3) is 18.2. The van der Waals surface area contributed by atoms with Gasteiger partial charge in [0.1, 0.15) is 19.6 Å². The monoisotopic (exact) mass is 1170 g/mol. The number of aryl methyl sites for hydroxylation is 6. The Morgan fingerprint density at radius 1 is 0.341 bits per heavy atom. The average Bonchev–Trinajstić information content (AvgIpc) is 1.09. The summed E-state index contributed by atoms with van der Waals surface area (Å²) in [7, 11) is -4.20. The van der Waals surface area contributed by atoms with Gasteiger partial charge in [-0.1, -0.05) is 285 Å². The number of rotatable bonds is 9. The third-order valence-corrected chi connectivity index (χ3v) is 24.2. The molecular formula is C82H75N3OSi2. The number of benzene rings is 11. The van der Waals surface area contributed by atoms with Crippen molar-refractivity contribution in [1.29, 1.82) is 10.5 Å². The molecule has 88 heavy (non-hydrogen) atoms. The minimum atomic E-state index is -2.32. The van der Waals surface area contributed by atoms with Crippen LogP contribution in [0.1, 0.15) is 50.3 Å². The van der Waals surface area contributed by atoms with Gasteiger partial charge in [-0.05, 0) is 149 Å². The first-order chi connectivity index (χ1) is 42.9. The van der Waals surface area contributed by atoms with Crippen LogP contribution in [0.25, 0.3) is 0 Å². The van der Waals surface area contributed by atoms with Crippen LogP contribution in [0.5, 0.6) is 11.5 Å². The molecule has 1 aromatic heterocycles. The molecule has 0 aliphatic heterocycles. The molecule has 0 spiro atoms. The molecule has 0 aliphatic rings. The first-order valence-electron chi connectivity index (χ1n) is 29.4. The Balaban J connectivity index is 0.000000159. The molecule has 0 unspecified atom stereocenters. The van der Waals surface area contributed by atoms with E-state index in [4.69, 9.17) is 21.7 Å². The number of terminal acetylenes is 1. The molecule has 11 aromatic carbocycles. The quantitative estimate of drug-likeness (QED) is 0.0820. The average molecular weight is 1170 g/mol. The van der Waals surface area contributed by atoms with Gasteiger partial charge in [0.15, 0.2) is 8.07 Å². The van der Waals surface area contributed by atoms with Crippen LogP contribution < -0.4 is 41.0 Å². The lowest BCUT2D eigenvalue weighted by Gasteiger charge is -2.34. The second-order valence-corrected chi connectivity index (χ2v) is 29.1. The minimum absolute atomic E-state index is 0.731. The van der Waals surface area contributed by atoms with Crippen molar-refractivity contribution in [2.45, 2.75) is 48.1 Å². The van der Waals surface area contributed by atoms with Gasteiger partial charge in [-0.2, -0.15) is 10.5 Å². The summed E-state index contributed by atoms with van der Waals surface area (Å²) < 4.78 is 5.66. The van der Waals surface area contributed by atoms with Crippen LogP contribution in [-0.2, 0) is 0 Å². The Bertz CT molecular complexity index is 3950. The maximum Gasteiger partial charge on any atom is 0.179 e. The Labute approximate surface area is 525 Å². The van der Waals surface area contributed by atoms with Gasteiger partial charge >= 0.3 is 0 Å². The van der Waals surface area contributed by atoms with Gasteiger partial charge in [0.25, 0.3) is 0 Å². The Hall–Kier alpha value is -10.7. The SMILES string of the molecule is C#Cc1ccc(C)nc1C.C[Si](c1ccccc1)(c1ccccc1)c1ccccc1.Cc1ccc([Si](c2ccccc2)(c2ccccc2)c2ccccc2)cc1.Cc1cccc(C#N)c1.Cc1cccc(Oc2ccccc2)c1.Cc1ccccc1C#N. The molecule has 0 bridgehead atoms. The molecule has 0 saturated carbocycles. The zero-order valence-corrected chi connectivity index (χ0v) is 53.4. The lowest BCUT2D eigenvalue weighted by Crippen LogP contribution is -2.74. The standard InChI is InChI=1S/C25H22Si.C19H18Si.C13H12O.C9H9N.2C8H7N/c1-21-17-19-25(20-18-21)26(22-11-5-2-6-12-22,23-13-7-3-8-14-23)24-15-9-4-10-16-24;1-20(17-11-5-2-6-12-17,18-13-7-3-8-14-18)19-15-9-4-10-16-19;1-11-6-5-9-13(10-11)14-12-7-3-2-4-8-12;1-4-9-6-5-7(2)10-8(9)3;1-7-3-2-4-8(5-7)6-9;1-7-4-2-3-5-8(7)6-9/h2-20H,1H3;2-16H,1H3;2-10H,1H3;1,5-6H,2-3H3;2*2-5H,1H3. The van der Waals surface area contributed by atoms with Crippen LogP contribution >= 0.6 is 0 Å². The zero-order chi connectivity index (χ0) is 62.4. The number of ether oxygens (including phenoxy) is 1. The number of nitrogens with zero attached hydrogens (tertiary/aromatic N) is 3. The molecule has 0 aliphatic carbocycles. The predicted molar refractivity (Wildman–Crippen MR) is 376 cm³/mol. The number of aromatic nitrogens is 1. The van der Waals surface area contributed by atoms with Gasteiger partial charge in [-0.15, -0.1) is 6.42 Å². The van der Waals surface area contributed by atoms with Crippen LogP contribution in [0.4, 0.5) is 0 Å². The number of nitriles is 2. The molecule has 12 rings (SSSR count). The molecule has 1 heterocycles. The van der Waals surface area contributed by atoms with E-state index >= 15 is 0 Å². The molecule has 0 fully saturated rings. The highest BCUT2D eigenvalue weighted by atomic mass is 28.3. The topological polar surface area (TPSA) is 69.7 Å². The fourth-order valence-electron chi connectivity index (χ4n) is 10.2. The minimum Gasteiger partial charge on any atom is -0.457 e. The molecule has 0 radical (unpaired) electrons. The highest BCUT2D eigenvalue weighted by Crippen LogP contribution is 2.21. The molecule has 6 heteroatoms. The van der Waals surface area contributed by atoms with E-state index in [1.807, 2.05) is 131 Å². The van der Waals surface area contributed by atoms with E-state index < -0.39 is 16.1 Å². The maximum atomic E-state index is 8.47. The Morgan fingerprint density at radius 3 is 1.10 bits per heavy atom. The highest BCUT2D eigenvalue weighted by molar-refractivity contribution is 7.19. The van der Waals surface area contributed by atoms with Crippen molar-refractivity contribution in [3.63, 3.8) is 0 Å². The summed E-state index contributed by atoms with van der Waals surface area (Å²) >= 11 is 0. The van der Waals surface area contributed by atoms with Crippen molar-refractivity contribution in [2.24, 2.45) is 0 Å². The van der Waals surface area contributed by atoms with Gasteiger partial charge in [0, 0.05) is 11.3 Å². The largest absolute Gasteiger partial charge is 0.457 e. The number of hydrogen-bond acceptors (Lipinski definition) is 4. The number of hydrogen-bond donors (Lipinski definition) is 0. The molecule has 0 atom stereocenters. The van der Waals surface area contributed by atoms with Gasteiger partial charge in [0.2, 0.25) is 0 Å². The van der Waals surface area contributed by atoms with Gasteiger partial charge in [0.05, 0.1) is 29.0 Å². The van der Waals surface area contributed by atoms with Crippen LogP contribution in [0.3, 0.4) is 0 Å². The second-order valence-electron chi connectivity index (χ2n) is 21.3. The van der Waals surface area contributed by atoms with Crippen LogP contribution in [-0.4, -0.2) is 21.1 Å². The fraction of sp³-hybridized carbons (Fsp3) is 0.0854. The van der Waals surface area contributed by atoms with Crippen molar-refractivity contribution in [2.75, 3.05) is 0 Å². The van der Waals surface area contributed by atoms with Crippen LogP contribution in [0.15, 0.2) is 322 Å². The lowest BCUT2D eigenvalue weighted by molar-refractivity contribution is 0.482. The predicted octanol–water partition coefficient (Wildman–Crippen LogP) is 15.4. The van der Waals surface area contributed by atoms with E-state index in [0.717, 1.165) is 50.7 Å². The molecule has 12 aromatic rings. The van der Waals surface area contributed by atoms with E-state index in [9.17, 15) is 0 Å². The number of pyridine rings is 1. The van der Waals surface area contributed by atoms with Gasteiger partial charge in [-0.25, -0.2) is 0 Å². The van der Waals surface area contributed by atoms with Gasteiger partial charge < -0.3 is 4.74 Å². The Kier molecular flexibility index (Phi) is 24.9. The molecular weight excluding hydrogens is 1100 g/mol. The van der Waals surface area contributed by atoms with Crippen molar-refractivity contribution >= 4 is 52.5 Å². The molecule has 0 N–H and O–H groups in total. The molecule has 4 nitrogen and oxygen atoms in total. The first-order valence-corrected chi connectivity index (χ1v) is 33.9. The van der Waals surface area contributed by atoms with E-state index in [0.29, 0.717) is 0 Å². The third-order valence-electron chi connectivity index (χ3n) is 14.9. The normalized spacial score (nSPS) is 10.2. The smallest absolute Gasteiger partial charge is 0.179 e. The molecule has 432 valence electrons. The van der Waals surface area contributed by atoms with Gasteiger partial charge in [-0.3, -0.25) is 4.98 Å². The van der Waals surface area contributed by atoms with Crippen molar-refractivity contribution in [3.05, 3.63) is 372 Å². The summed E-state index contributed by atoms with van der Waals surface area (Å²) in [5, 5.41) is 26.9. The van der Waals surface area contributed by atoms with Crippen molar-refractivity contribution in [3.8, 4) is 36.0 Å². The van der Waals surface area contributed by atoms with Crippen molar-refractivity contribution in [1.82, 2.24) is 4.98 Å². The maximum absolute atomic E-state index is 8.47. The summed E-state index contributed by atoms with van der Waals surface area (Å²) in [6, 6.07) is 116.